The zero-order valence-corrected chi connectivity index (χ0v) is 15.1. The third-order valence-electron chi connectivity index (χ3n) is 3.40. The first-order valence-electron chi connectivity index (χ1n) is 7.95. The van der Waals surface area contributed by atoms with Crippen molar-refractivity contribution in [3.05, 3.63) is 59.1 Å². The molecule has 1 amide bonds. The molecule has 6 nitrogen and oxygen atoms in total. The highest BCUT2D eigenvalue weighted by Gasteiger charge is 2.20. The van der Waals surface area contributed by atoms with Crippen molar-refractivity contribution in [2.75, 3.05) is 10.6 Å². The second kappa shape index (κ2) is 7.40. The van der Waals surface area contributed by atoms with E-state index in [1.165, 1.54) is 11.3 Å². The topological polar surface area (TPSA) is 79.8 Å². The molecule has 0 saturated carbocycles. The van der Waals surface area contributed by atoms with Crippen molar-refractivity contribution in [3.8, 4) is 0 Å². The van der Waals surface area contributed by atoms with E-state index in [0.29, 0.717) is 16.5 Å². The average molecular weight is 353 g/mol. The molecule has 0 saturated heterocycles. The standard InChI is InChI=1S/C18H19N5OS/c1-11(2)17-23-15(16(24)22-14-8-4-6-12(3)20-14)18(25-17)21-13-7-5-9-19-10-13/h4-11,21H,1-3H3,(H,20,22,24). The molecule has 0 radical (unpaired) electrons. The van der Waals surface area contributed by atoms with Crippen LogP contribution in [0.5, 0.6) is 0 Å². The number of anilines is 3. The lowest BCUT2D eigenvalue weighted by Gasteiger charge is -2.07. The van der Waals surface area contributed by atoms with E-state index in [2.05, 4.69) is 39.4 Å². The lowest BCUT2D eigenvalue weighted by molar-refractivity contribution is 0.102. The first-order chi connectivity index (χ1) is 12.0. The molecule has 0 unspecified atom stereocenters. The van der Waals surface area contributed by atoms with E-state index in [-0.39, 0.29) is 11.8 Å². The molecule has 0 aliphatic heterocycles. The highest BCUT2D eigenvalue weighted by Crippen LogP contribution is 2.32. The molecule has 0 atom stereocenters. The lowest BCUT2D eigenvalue weighted by Crippen LogP contribution is -2.15. The molecule has 25 heavy (non-hydrogen) atoms. The molecule has 7 heteroatoms. The van der Waals surface area contributed by atoms with Gasteiger partial charge in [-0.05, 0) is 31.2 Å². The van der Waals surface area contributed by atoms with Gasteiger partial charge in [0, 0.05) is 17.8 Å². The Morgan fingerprint density at radius 2 is 2.00 bits per heavy atom. The number of carbonyl (C=O) groups is 1. The van der Waals surface area contributed by atoms with Gasteiger partial charge < -0.3 is 10.6 Å². The maximum absolute atomic E-state index is 12.7. The quantitative estimate of drug-likeness (QED) is 0.712. The Bertz CT molecular complexity index is 876. The average Bonchev–Trinajstić information content (AvgIpc) is 3.00. The Kier molecular flexibility index (Phi) is 5.04. The van der Waals surface area contributed by atoms with E-state index in [9.17, 15) is 4.79 Å². The fourth-order valence-electron chi connectivity index (χ4n) is 2.18. The largest absolute Gasteiger partial charge is 0.344 e. The molecule has 0 bridgehead atoms. The third kappa shape index (κ3) is 4.19. The van der Waals surface area contributed by atoms with Gasteiger partial charge in [0.15, 0.2) is 5.69 Å². The van der Waals surface area contributed by atoms with Gasteiger partial charge in [-0.25, -0.2) is 9.97 Å². The van der Waals surface area contributed by atoms with Gasteiger partial charge in [0.25, 0.3) is 5.91 Å². The minimum Gasteiger partial charge on any atom is -0.344 e. The van der Waals surface area contributed by atoms with Gasteiger partial charge in [0.1, 0.15) is 10.8 Å². The zero-order valence-electron chi connectivity index (χ0n) is 14.3. The minimum atomic E-state index is -0.285. The number of thiazole rings is 1. The van der Waals surface area contributed by atoms with Crippen LogP contribution >= 0.6 is 11.3 Å². The summed E-state index contributed by atoms with van der Waals surface area (Å²) in [5.41, 5.74) is 2.01. The lowest BCUT2D eigenvalue weighted by atomic mass is 10.2. The van der Waals surface area contributed by atoms with Crippen LogP contribution in [0.25, 0.3) is 0 Å². The van der Waals surface area contributed by atoms with Crippen molar-refractivity contribution in [3.63, 3.8) is 0 Å². The van der Waals surface area contributed by atoms with Crippen molar-refractivity contribution in [2.45, 2.75) is 26.7 Å². The normalized spacial score (nSPS) is 10.7. The molecule has 0 aromatic carbocycles. The molecular weight excluding hydrogens is 334 g/mol. The van der Waals surface area contributed by atoms with Crippen LogP contribution in [0, 0.1) is 6.92 Å². The number of pyridine rings is 2. The van der Waals surface area contributed by atoms with Crippen molar-refractivity contribution in [1.29, 1.82) is 0 Å². The summed E-state index contributed by atoms with van der Waals surface area (Å²) in [5.74, 6) is 0.460. The Morgan fingerprint density at radius 3 is 2.68 bits per heavy atom. The minimum absolute atomic E-state index is 0.234. The fourth-order valence-corrected chi connectivity index (χ4v) is 3.16. The molecule has 0 fully saturated rings. The number of nitrogens with one attached hydrogen (secondary N) is 2. The Balaban J connectivity index is 1.89. The maximum atomic E-state index is 12.7. The molecular formula is C18H19N5OS. The molecule has 3 heterocycles. The van der Waals surface area contributed by atoms with Crippen LogP contribution in [0.15, 0.2) is 42.7 Å². The number of rotatable bonds is 5. The summed E-state index contributed by atoms with van der Waals surface area (Å²) in [6.45, 7) is 5.98. The van der Waals surface area contributed by atoms with E-state index < -0.39 is 0 Å². The second-order valence-corrected chi connectivity index (χ2v) is 6.90. The van der Waals surface area contributed by atoms with Crippen molar-refractivity contribution in [1.82, 2.24) is 15.0 Å². The van der Waals surface area contributed by atoms with Gasteiger partial charge in [-0.15, -0.1) is 11.3 Å². The van der Waals surface area contributed by atoms with Crippen LogP contribution in [-0.4, -0.2) is 20.9 Å². The molecule has 3 aromatic heterocycles. The van der Waals surface area contributed by atoms with Crippen molar-refractivity contribution in [2.24, 2.45) is 0 Å². The summed E-state index contributed by atoms with van der Waals surface area (Å²) in [7, 11) is 0. The zero-order chi connectivity index (χ0) is 17.8. The van der Waals surface area contributed by atoms with Gasteiger partial charge in [-0.2, -0.15) is 0 Å². The highest BCUT2D eigenvalue weighted by molar-refractivity contribution is 7.16. The molecule has 2 N–H and O–H groups in total. The number of amides is 1. The number of nitrogens with zero attached hydrogens (tertiary/aromatic N) is 3. The van der Waals surface area contributed by atoms with Crippen LogP contribution in [0.1, 0.15) is 41.0 Å². The smallest absolute Gasteiger partial charge is 0.278 e. The van der Waals surface area contributed by atoms with Crippen LogP contribution in [-0.2, 0) is 0 Å². The number of aryl methyl sites for hydroxylation is 1. The van der Waals surface area contributed by atoms with E-state index in [4.69, 9.17) is 0 Å². The number of aromatic nitrogens is 3. The molecule has 3 rings (SSSR count). The second-order valence-electron chi connectivity index (χ2n) is 5.87. The van der Waals surface area contributed by atoms with Gasteiger partial charge in [0.2, 0.25) is 0 Å². The van der Waals surface area contributed by atoms with Crippen LogP contribution in [0.4, 0.5) is 16.5 Å². The SMILES string of the molecule is Cc1cccc(NC(=O)c2nc(C(C)C)sc2Nc2cccnc2)n1. The van der Waals surface area contributed by atoms with Crippen LogP contribution in [0.2, 0.25) is 0 Å². The Morgan fingerprint density at radius 1 is 1.16 bits per heavy atom. The maximum Gasteiger partial charge on any atom is 0.278 e. The van der Waals surface area contributed by atoms with E-state index in [1.807, 2.05) is 31.2 Å². The van der Waals surface area contributed by atoms with Gasteiger partial charge in [-0.1, -0.05) is 19.9 Å². The number of hydrogen-bond donors (Lipinski definition) is 2. The van der Waals surface area contributed by atoms with Gasteiger partial charge in [-0.3, -0.25) is 9.78 Å². The molecule has 3 aromatic rings. The van der Waals surface area contributed by atoms with Crippen molar-refractivity contribution >= 4 is 33.8 Å². The van der Waals surface area contributed by atoms with Crippen LogP contribution < -0.4 is 10.6 Å². The third-order valence-corrected chi connectivity index (χ3v) is 4.67. The predicted octanol–water partition coefficient (Wildman–Crippen LogP) is 4.36. The molecule has 0 spiro atoms. The summed E-state index contributed by atoms with van der Waals surface area (Å²) in [5, 5.41) is 7.65. The molecule has 0 aliphatic carbocycles. The van der Waals surface area contributed by atoms with Gasteiger partial charge in [0.05, 0.1) is 16.9 Å². The Labute approximate surface area is 150 Å². The first kappa shape index (κ1) is 17.0. The summed E-state index contributed by atoms with van der Waals surface area (Å²) in [6.07, 6.45) is 3.41. The summed E-state index contributed by atoms with van der Waals surface area (Å²) >= 11 is 1.47. The van der Waals surface area contributed by atoms with E-state index >= 15 is 0 Å². The highest BCUT2D eigenvalue weighted by atomic mass is 32.1. The summed E-state index contributed by atoms with van der Waals surface area (Å²) < 4.78 is 0. The number of carbonyl (C=O) groups excluding carboxylic acids is 1. The molecule has 128 valence electrons. The first-order valence-corrected chi connectivity index (χ1v) is 8.77. The summed E-state index contributed by atoms with van der Waals surface area (Å²) in [4.78, 5) is 25.6. The fraction of sp³-hybridized carbons (Fsp3) is 0.222. The van der Waals surface area contributed by atoms with E-state index in [1.54, 1.807) is 18.5 Å². The van der Waals surface area contributed by atoms with Crippen LogP contribution in [0.3, 0.4) is 0 Å². The monoisotopic (exact) mass is 353 g/mol. The van der Waals surface area contributed by atoms with Gasteiger partial charge >= 0.3 is 0 Å². The summed E-state index contributed by atoms with van der Waals surface area (Å²) in [6, 6.07) is 9.22. The predicted molar refractivity (Wildman–Crippen MR) is 101 cm³/mol. The molecule has 0 aliphatic rings. The van der Waals surface area contributed by atoms with Crippen molar-refractivity contribution < 1.29 is 4.79 Å². The van der Waals surface area contributed by atoms with E-state index in [0.717, 1.165) is 16.4 Å². The Hall–Kier alpha value is -2.80. The number of hydrogen-bond acceptors (Lipinski definition) is 6.